The van der Waals surface area contributed by atoms with Gasteiger partial charge in [-0.15, -0.1) is 0 Å². The van der Waals surface area contributed by atoms with Gasteiger partial charge in [-0.25, -0.2) is 4.79 Å². The Morgan fingerprint density at radius 3 is 2.47 bits per heavy atom. The quantitative estimate of drug-likeness (QED) is 0.630. The first-order valence-electron chi connectivity index (χ1n) is 4.62. The van der Waals surface area contributed by atoms with Crippen LogP contribution in [0.4, 0.5) is 0 Å². The average Bonchev–Trinajstić information content (AvgIpc) is 2.18. The van der Waals surface area contributed by atoms with Crippen LogP contribution in [0.5, 0.6) is 0 Å². The highest BCUT2D eigenvalue weighted by Gasteiger charge is 2.10. The molecule has 0 aliphatic heterocycles. The molecule has 0 radical (unpaired) electrons. The van der Waals surface area contributed by atoms with Crippen LogP contribution >= 0.6 is 0 Å². The number of aromatic nitrogens is 1. The first kappa shape index (κ1) is 11.6. The molecule has 0 spiro atoms. The van der Waals surface area contributed by atoms with Crippen LogP contribution in [0.3, 0.4) is 0 Å². The number of aliphatic hydroxyl groups excluding tert-OH is 2. The molecule has 1 rings (SSSR count). The largest absolute Gasteiger partial charge is 0.478 e. The van der Waals surface area contributed by atoms with Crippen molar-refractivity contribution in [3.8, 4) is 0 Å². The molecule has 5 heteroatoms. The molecule has 82 valence electrons. The van der Waals surface area contributed by atoms with Gasteiger partial charge >= 0.3 is 5.97 Å². The Kier molecular flexibility index (Phi) is 4.20. The topological polar surface area (TPSA) is 90.7 Å². The first-order chi connectivity index (χ1) is 7.19. The van der Waals surface area contributed by atoms with Gasteiger partial charge in [0.15, 0.2) is 0 Å². The minimum Gasteiger partial charge on any atom is -0.478 e. The fourth-order valence-corrected chi connectivity index (χ4v) is 1.32. The van der Waals surface area contributed by atoms with Crippen molar-refractivity contribution in [2.45, 2.75) is 12.8 Å². The Bertz CT molecular complexity index is 351. The fourth-order valence-electron chi connectivity index (χ4n) is 1.32. The summed E-state index contributed by atoms with van der Waals surface area (Å²) in [6, 6.07) is 1.61. The third-order valence-electron chi connectivity index (χ3n) is 2.03. The Morgan fingerprint density at radius 1 is 1.27 bits per heavy atom. The molecule has 0 fully saturated rings. The number of aliphatic hydroxyl groups is 2. The van der Waals surface area contributed by atoms with Crippen molar-refractivity contribution in [2.24, 2.45) is 0 Å². The molecule has 0 unspecified atom stereocenters. The van der Waals surface area contributed by atoms with E-state index in [4.69, 9.17) is 15.3 Å². The lowest BCUT2D eigenvalue weighted by Gasteiger charge is -2.06. The first-order valence-corrected chi connectivity index (χ1v) is 4.62. The van der Waals surface area contributed by atoms with Gasteiger partial charge in [-0.05, 0) is 18.1 Å². The van der Waals surface area contributed by atoms with E-state index in [-0.39, 0.29) is 25.2 Å². The minimum absolute atomic E-state index is 0.0298. The van der Waals surface area contributed by atoms with Gasteiger partial charge in [0.25, 0.3) is 0 Å². The summed E-state index contributed by atoms with van der Waals surface area (Å²) in [5, 5.41) is 26.3. The van der Waals surface area contributed by atoms with Crippen molar-refractivity contribution in [3.63, 3.8) is 0 Å². The minimum atomic E-state index is -1.05. The molecular weight excluding hydrogens is 198 g/mol. The SMILES string of the molecule is O=C(O)c1cnc(CCO)cc1CCO. The van der Waals surface area contributed by atoms with Gasteiger partial charge in [0, 0.05) is 31.5 Å². The number of nitrogens with zero attached hydrogens (tertiary/aromatic N) is 1. The van der Waals surface area contributed by atoms with Gasteiger partial charge in [-0.3, -0.25) is 4.98 Å². The smallest absolute Gasteiger partial charge is 0.337 e. The molecule has 1 aromatic rings. The average molecular weight is 211 g/mol. The second-order valence-corrected chi connectivity index (χ2v) is 3.09. The van der Waals surface area contributed by atoms with E-state index in [1.54, 1.807) is 6.07 Å². The number of carboxylic acids is 1. The highest BCUT2D eigenvalue weighted by atomic mass is 16.4. The summed E-state index contributed by atoms with van der Waals surface area (Å²) in [5.74, 6) is -1.05. The lowest BCUT2D eigenvalue weighted by atomic mass is 10.1. The Labute approximate surface area is 87.0 Å². The maximum Gasteiger partial charge on any atom is 0.337 e. The number of hydrogen-bond donors (Lipinski definition) is 3. The highest BCUT2D eigenvalue weighted by molar-refractivity contribution is 5.89. The molecule has 0 aromatic carbocycles. The molecule has 1 aromatic heterocycles. The third-order valence-corrected chi connectivity index (χ3v) is 2.03. The van der Waals surface area contributed by atoms with Gasteiger partial charge in [0.05, 0.1) is 5.56 Å². The lowest BCUT2D eigenvalue weighted by Crippen LogP contribution is -2.07. The van der Waals surface area contributed by atoms with E-state index < -0.39 is 5.97 Å². The summed E-state index contributed by atoms with van der Waals surface area (Å²) in [5.41, 5.74) is 1.28. The van der Waals surface area contributed by atoms with Gasteiger partial charge in [-0.1, -0.05) is 0 Å². The number of pyridine rings is 1. The molecule has 1 heterocycles. The van der Waals surface area contributed by atoms with Crippen LogP contribution in [0.1, 0.15) is 21.6 Å². The zero-order chi connectivity index (χ0) is 11.3. The summed E-state index contributed by atoms with van der Waals surface area (Å²) in [4.78, 5) is 14.7. The predicted molar refractivity (Wildman–Crippen MR) is 52.8 cm³/mol. The number of carbonyl (C=O) groups is 1. The third kappa shape index (κ3) is 3.00. The Balaban J connectivity index is 3.03. The summed E-state index contributed by atoms with van der Waals surface area (Å²) in [7, 11) is 0. The van der Waals surface area contributed by atoms with Crippen LogP contribution in [0, 0.1) is 0 Å². The van der Waals surface area contributed by atoms with Crippen molar-refractivity contribution < 1.29 is 20.1 Å². The van der Waals surface area contributed by atoms with Crippen LogP contribution in [-0.4, -0.2) is 39.5 Å². The second-order valence-electron chi connectivity index (χ2n) is 3.09. The van der Waals surface area contributed by atoms with Gasteiger partial charge in [-0.2, -0.15) is 0 Å². The summed E-state index contributed by atoms with van der Waals surface area (Å²) >= 11 is 0. The van der Waals surface area contributed by atoms with E-state index in [2.05, 4.69) is 4.98 Å². The van der Waals surface area contributed by atoms with Crippen molar-refractivity contribution in [1.29, 1.82) is 0 Å². The van der Waals surface area contributed by atoms with E-state index in [9.17, 15) is 4.79 Å². The molecule has 5 nitrogen and oxygen atoms in total. The van der Waals surface area contributed by atoms with Crippen LogP contribution in [0.2, 0.25) is 0 Å². The van der Waals surface area contributed by atoms with Crippen molar-refractivity contribution >= 4 is 5.97 Å². The van der Waals surface area contributed by atoms with E-state index in [1.165, 1.54) is 6.20 Å². The molecule has 0 aliphatic carbocycles. The second kappa shape index (κ2) is 5.43. The van der Waals surface area contributed by atoms with Gasteiger partial charge in [0.1, 0.15) is 0 Å². The molecule has 0 amide bonds. The monoisotopic (exact) mass is 211 g/mol. The van der Waals surface area contributed by atoms with Crippen molar-refractivity contribution in [1.82, 2.24) is 4.98 Å². The van der Waals surface area contributed by atoms with E-state index in [0.717, 1.165) is 0 Å². The van der Waals surface area contributed by atoms with Crippen LogP contribution in [0.15, 0.2) is 12.3 Å². The van der Waals surface area contributed by atoms with E-state index in [0.29, 0.717) is 17.7 Å². The van der Waals surface area contributed by atoms with Gasteiger partial charge in [0.2, 0.25) is 0 Å². The summed E-state index contributed by atoms with van der Waals surface area (Å²) in [6.45, 7) is -0.138. The fraction of sp³-hybridized carbons (Fsp3) is 0.400. The maximum atomic E-state index is 10.8. The maximum absolute atomic E-state index is 10.8. The lowest BCUT2D eigenvalue weighted by molar-refractivity contribution is 0.0695. The molecule has 0 atom stereocenters. The summed E-state index contributed by atoms with van der Waals surface area (Å²) < 4.78 is 0. The van der Waals surface area contributed by atoms with Gasteiger partial charge < -0.3 is 15.3 Å². The molecule has 0 aliphatic rings. The molecule has 0 saturated heterocycles. The van der Waals surface area contributed by atoms with Crippen molar-refractivity contribution in [3.05, 3.63) is 29.1 Å². The predicted octanol–water partition coefficient (Wildman–Crippen LogP) is -0.151. The van der Waals surface area contributed by atoms with Crippen LogP contribution < -0.4 is 0 Å². The number of rotatable bonds is 5. The van der Waals surface area contributed by atoms with Crippen LogP contribution in [-0.2, 0) is 12.8 Å². The standard InChI is InChI=1S/C10H13NO4/c12-3-1-7-5-8(2-4-13)11-6-9(7)10(14)15/h5-6,12-13H,1-4H2,(H,14,15). The normalized spacial score (nSPS) is 10.3. The highest BCUT2D eigenvalue weighted by Crippen LogP contribution is 2.11. The van der Waals surface area contributed by atoms with Crippen LogP contribution in [0.25, 0.3) is 0 Å². The van der Waals surface area contributed by atoms with E-state index >= 15 is 0 Å². The molecule has 0 bridgehead atoms. The summed E-state index contributed by atoms with van der Waals surface area (Å²) in [6.07, 6.45) is 1.93. The number of carboxylic acid groups (broad SMARTS) is 1. The Hall–Kier alpha value is -1.46. The zero-order valence-corrected chi connectivity index (χ0v) is 8.18. The molecular formula is C10H13NO4. The van der Waals surface area contributed by atoms with Crippen molar-refractivity contribution in [2.75, 3.05) is 13.2 Å². The molecule has 15 heavy (non-hydrogen) atoms. The molecule has 3 N–H and O–H groups in total. The Morgan fingerprint density at radius 2 is 1.93 bits per heavy atom. The number of hydrogen-bond acceptors (Lipinski definition) is 4. The number of aromatic carboxylic acids is 1. The zero-order valence-electron chi connectivity index (χ0n) is 8.18. The molecule has 0 saturated carbocycles. The van der Waals surface area contributed by atoms with E-state index in [1.807, 2.05) is 0 Å².